The molecule has 0 N–H and O–H groups in total. The van der Waals surface area contributed by atoms with Gasteiger partial charge in [0, 0.05) is 19.5 Å². The fourth-order valence-electron chi connectivity index (χ4n) is 2.90. The van der Waals surface area contributed by atoms with Gasteiger partial charge in [-0.2, -0.15) is 0 Å². The molecule has 2 heterocycles. The largest absolute Gasteiger partial charge is 0.370 e. The van der Waals surface area contributed by atoms with Gasteiger partial charge in [-0.25, -0.2) is 0 Å². The lowest BCUT2D eigenvalue weighted by Crippen LogP contribution is -2.26. The second-order valence-electron chi connectivity index (χ2n) is 5.56. The number of anilines is 1. The van der Waals surface area contributed by atoms with Crippen LogP contribution < -0.4 is 4.90 Å². The van der Waals surface area contributed by atoms with Crippen LogP contribution in [0, 0.1) is 5.41 Å². The first-order valence-corrected chi connectivity index (χ1v) is 7.38. The number of hydrogen-bond acceptors (Lipinski definition) is 3. The molecule has 0 unspecified atom stereocenters. The molecule has 104 valence electrons. The van der Waals surface area contributed by atoms with Gasteiger partial charge in [0.1, 0.15) is 5.69 Å². The minimum Gasteiger partial charge on any atom is -0.370 e. The molecular weight excluding hydrogens is 236 g/mol. The molecule has 0 bridgehead atoms. The van der Waals surface area contributed by atoms with Crippen LogP contribution in [-0.4, -0.2) is 23.9 Å². The second kappa shape index (κ2) is 5.72. The molecule has 1 aliphatic heterocycles. The normalized spacial score (nSPS) is 17.7. The Hall–Kier alpha value is -1.38. The summed E-state index contributed by atoms with van der Waals surface area (Å²) < 4.78 is 0. The van der Waals surface area contributed by atoms with E-state index in [1.54, 1.807) is 0 Å². The Bertz CT molecular complexity index is 435. The number of nitrogens with zero attached hydrogens (tertiary/aromatic N) is 2. The van der Waals surface area contributed by atoms with E-state index in [9.17, 15) is 4.79 Å². The number of carbonyl (C=O) groups is 1. The van der Waals surface area contributed by atoms with Gasteiger partial charge in [-0.3, -0.25) is 9.78 Å². The van der Waals surface area contributed by atoms with Gasteiger partial charge in [0.05, 0.1) is 11.9 Å². The molecular formula is C16H24N2O. The van der Waals surface area contributed by atoms with Crippen molar-refractivity contribution >= 4 is 11.5 Å². The number of aromatic nitrogens is 1. The molecule has 0 spiro atoms. The zero-order valence-corrected chi connectivity index (χ0v) is 12.3. The third kappa shape index (κ3) is 2.80. The van der Waals surface area contributed by atoms with Crippen LogP contribution in [0.1, 0.15) is 56.9 Å². The first-order valence-electron chi connectivity index (χ1n) is 7.38. The van der Waals surface area contributed by atoms with Gasteiger partial charge >= 0.3 is 0 Å². The van der Waals surface area contributed by atoms with Crippen molar-refractivity contribution in [1.29, 1.82) is 0 Å². The van der Waals surface area contributed by atoms with E-state index in [2.05, 4.69) is 23.7 Å². The van der Waals surface area contributed by atoms with Crippen LogP contribution in [0.3, 0.4) is 0 Å². The van der Waals surface area contributed by atoms with Crippen LogP contribution >= 0.6 is 0 Å². The van der Waals surface area contributed by atoms with Crippen molar-refractivity contribution in [2.75, 3.05) is 18.0 Å². The van der Waals surface area contributed by atoms with Gasteiger partial charge in [-0.15, -0.1) is 0 Å². The van der Waals surface area contributed by atoms with Crippen molar-refractivity contribution in [3.05, 3.63) is 24.0 Å². The summed E-state index contributed by atoms with van der Waals surface area (Å²) in [5.41, 5.74) is 2.21. The number of hydrogen-bond donors (Lipinski definition) is 0. The van der Waals surface area contributed by atoms with E-state index >= 15 is 0 Å². The molecule has 2 rings (SSSR count). The van der Waals surface area contributed by atoms with Crippen LogP contribution in [0.15, 0.2) is 18.3 Å². The molecule has 1 aromatic heterocycles. The molecule has 1 saturated heterocycles. The molecule has 3 heteroatoms. The SMILES string of the molecule is CCC(=O)c1ccc(N2CCC(CC)(CC)C2)cn1. The molecule has 0 radical (unpaired) electrons. The highest BCUT2D eigenvalue weighted by molar-refractivity contribution is 5.94. The Balaban J connectivity index is 2.10. The highest BCUT2D eigenvalue weighted by atomic mass is 16.1. The van der Waals surface area contributed by atoms with Gasteiger partial charge in [0.15, 0.2) is 5.78 Å². The van der Waals surface area contributed by atoms with Crippen LogP contribution in [0.4, 0.5) is 5.69 Å². The Morgan fingerprint density at radius 1 is 1.32 bits per heavy atom. The summed E-state index contributed by atoms with van der Waals surface area (Å²) in [7, 11) is 0. The van der Waals surface area contributed by atoms with Crippen LogP contribution in [-0.2, 0) is 0 Å². The van der Waals surface area contributed by atoms with E-state index < -0.39 is 0 Å². The summed E-state index contributed by atoms with van der Waals surface area (Å²) in [5.74, 6) is 0.115. The fraction of sp³-hybridized carbons (Fsp3) is 0.625. The summed E-state index contributed by atoms with van der Waals surface area (Å²) in [6.07, 6.45) is 6.10. The maximum Gasteiger partial charge on any atom is 0.180 e. The Morgan fingerprint density at radius 3 is 2.53 bits per heavy atom. The standard InChI is InChI=1S/C16H24N2O/c1-4-15(19)14-8-7-13(11-17-14)18-10-9-16(5-2,6-3)12-18/h7-8,11H,4-6,9-10,12H2,1-3H3. The lowest BCUT2D eigenvalue weighted by Gasteiger charge is -2.27. The van der Waals surface area contributed by atoms with E-state index in [0.717, 1.165) is 18.8 Å². The van der Waals surface area contributed by atoms with Crippen molar-refractivity contribution in [3.63, 3.8) is 0 Å². The summed E-state index contributed by atoms with van der Waals surface area (Å²) in [4.78, 5) is 18.3. The number of rotatable bonds is 5. The van der Waals surface area contributed by atoms with Gasteiger partial charge in [-0.1, -0.05) is 20.8 Å². The second-order valence-corrected chi connectivity index (χ2v) is 5.56. The summed E-state index contributed by atoms with van der Waals surface area (Å²) in [5, 5.41) is 0. The summed E-state index contributed by atoms with van der Waals surface area (Å²) in [6, 6.07) is 3.90. The molecule has 19 heavy (non-hydrogen) atoms. The molecule has 0 aromatic carbocycles. The topological polar surface area (TPSA) is 33.2 Å². The Kier molecular flexibility index (Phi) is 4.23. The highest BCUT2D eigenvalue weighted by Gasteiger charge is 2.34. The monoisotopic (exact) mass is 260 g/mol. The number of pyridine rings is 1. The van der Waals surface area contributed by atoms with Crippen molar-refractivity contribution in [1.82, 2.24) is 4.98 Å². The quantitative estimate of drug-likeness (QED) is 0.757. The van der Waals surface area contributed by atoms with Crippen LogP contribution in [0.2, 0.25) is 0 Å². The third-order valence-corrected chi connectivity index (χ3v) is 4.66. The van der Waals surface area contributed by atoms with E-state index in [1.807, 2.05) is 25.3 Å². The lowest BCUT2D eigenvalue weighted by molar-refractivity contribution is 0.0983. The minimum absolute atomic E-state index is 0.115. The first kappa shape index (κ1) is 14.0. The smallest absolute Gasteiger partial charge is 0.180 e. The van der Waals surface area contributed by atoms with Crippen molar-refractivity contribution in [3.8, 4) is 0 Å². The number of ketones is 1. The van der Waals surface area contributed by atoms with Crippen molar-refractivity contribution < 1.29 is 4.79 Å². The van der Waals surface area contributed by atoms with Crippen LogP contribution in [0.5, 0.6) is 0 Å². The zero-order chi connectivity index (χ0) is 13.9. The highest BCUT2D eigenvalue weighted by Crippen LogP contribution is 2.38. The molecule has 0 aliphatic carbocycles. The Morgan fingerprint density at radius 2 is 2.05 bits per heavy atom. The molecule has 1 aromatic rings. The molecule has 0 amide bonds. The Labute approximate surface area is 116 Å². The first-order chi connectivity index (χ1) is 9.14. The molecule has 1 aliphatic rings. The average molecular weight is 260 g/mol. The van der Waals surface area contributed by atoms with Crippen molar-refractivity contribution in [2.24, 2.45) is 5.41 Å². The van der Waals surface area contributed by atoms with Gasteiger partial charge in [0.2, 0.25) is 0 Å². The van der Waals surface area contributed by atoms with E-state index in [0.29, 0.717) is 17.5 Å². The van der Waals surface area contributed by atoms with E-state index in [4.69, 9.17) is 0 Å². The minimum atomic E-state index is 0.115. The van der Waals surface area contributed by atoms with Gasteiger partial charge in [0.25, 0.3) is 0 Å². The zero-order valence-electron chi connectivity index (χ0n) is 12.3. The number of carbonyl (C=O) groups excluding carboxylic acids is 1. The molecule has 1 fully saturated rings. The maximum atomic E-state index is 11.6. The number of Topliss-reactive ketones (excluding diaryl/α,β-unsaturated/α-hetero) is 1. The fourth-order valence-corrected chi connectivity index (χ4v) is 2.90. The van der Waals surface area contributed by atoms with E-state index in [-0.39, 0.29) is 5.78 Å². The summed E-state index contributed by atoms with van der Waals surface area (Å²) >= 11 is 0. The molecule has 3 nitrogen and oxygen atoms in total. The predicted molar refractivity (Wildman–Crippen MR) is 78.7 cm³/mol. The lowest BCUT2D eigenvalue weighted by atomic mass is 9.82. The van der Waals surface area contributed by atoms with Crippen molar-refractivity contribution in [2.45, 2.75) is 46.5 Å². The third-order valence-electron chi connectivity index (χ3n) is 4.66. The summed E-state index contributed by atoms with van der Waals surface area (Å²) in [6.45, 7) is 8.66. The van der Waals surface area contributed by atoms with Crippen LogP contribution in [0.25, 0.3) is 0 Å². The maximum absolute atomic E-state index is 11.6. The average Bonchev–Trinajstić information content (AvgIpc) is 2.92. The van der Waals surface area contributed by atoms with Gasteiger partial charge < -0.3 is 4.90 Å². The van der Waals surface area contributed by atoms with Gasteiger partial charge in [-0.05, 0) is 36.8 Å². The molecule has 0 atom stereocenters. The molecule has 0 saturated carbocycles. The van der Waals surface area contributed by atoms with E-state index in [1.165, 1.54) is 19.3 Å². The predicted octanol–water partition coefficient (Wildman–Crippen LogP) is 3.69.